The van der Waals surface area contributed by atoms with Crippen LogP contribution in [0.3, 0.4) is 0 Å². The molecule has 0 saturated carbocycles. The monoisotopic (exact) mass is 270 g/mol. The first-order valence-electron chi connectivity index (χ1n) is 6.08. The number of aromatic hydroxyl groups is 1. The maximum absolute atomic E-state index is 12.8. The van der Waals surface area contributed by atoms with Crippen LogP contribution in [-0.4, -0.2) is 15.2 Å². The highest BCUT2D eigenvalue weighted by atomic mass is 19.1. The summed E-state index contributed by atoms with van der Waals surface area (Å²) in [6, 6.07) is 12.9. The lowest BCUT2D eigenvalue weighted by Gasteiger charge is -1.97. The average Bonchev–Trinajstić information content (AvgIpc) is 2.90. The topological polar surface area (TPSA) is 59.2 Å². The van der Waals surface area contributed by atoms with Gasteiger partial charge in [-0.3, -0.25) is 0 Å². The van der Waals surface area contributed by atoms with Crippen LogP contribution in [0.4, 0.5) is 4.39 Å². The Balaban J connectivity index is 1.84. The lowest BCUT2D eigenvalue weighted by Crippen LogP contribution is -1.91. The van der Waals surface area contributed by atoms with Crippen molar-refractivity contribution in [3.05, 3.63) is 65.7 Å². The minimum Gasteiger partial charge on any atom is -0.507 e. The van der Waals surface area contributed by atoms with Gasteiger partial charge in [0, 0.05) is 6.42 Å². The van der Waals surface area contributed by atoms with E-state index in [9.17, 15) is 9.50 Å². The van der Waals surface area contributed by atoms with Crippen LogP contribution in [0.25, 0.3) is 11.5 Å². The molecule has 0 saturated heterocycles. The Morgan fingerprint density at radius 3 is 2.55 bits per heavy atom. The fourth-order valence-corrected chi connectivity index (χ4v) is 1.87. The first kappa shape index (κ1) is 12.3. The summed E-state index contributed by atoms with van der Waals surface area (Å²) in [6.07, 6.45) is 0.442. The normalized spacial score (nSPS) is 10.7. The fourth-order valence-electron chi connectivity index (χ4n) is 1.87. The lowest BCUT2D eigenvalue weighted by molar-refractivity contribution is 0.418. The Hall–Kier alpha value is -2.69. The SMILES string of the molecule is Oc1ccccc1-c1nc(Cc2ccc(F)cc2)no1. The van der Waals surface area contributed by atoms with E-state index >= 15 is 0 Å². The van der Waals surface area contributed by atoms with Gasteiger partial charge in [0.05, 0.1) is 5.56 Å². The molecule has 4 nitrogen and oxygen atoms in total. The van der Waals surface area contributed by atoms with Gasteiger partial charge in [0.2, 0.25) is 0 Å². The van der Waals surface area contributed by atoms with Crippen LogP contribution < -0.4 is 0 Å². The Bertz CT molecular complexity index is 723. The lowest BCUT2D eigenvalue weighted by atomic mass is 10.1. The molecule has 0 aliphatic heterocycles. The van der Waals surface area contributed by atoms with Crippen LogP contribution in [-0.2, 0) is 6.42 Å². The maximum Gasteiger partial charge on any atom is 0.261 e. The standard InChI is InChI=1S/C15H11FN2O2/c16-11-7-5-10(6-8-11)9-14-17-15(20-18-14)12-3-1-2-4-13(12)19/h1-8,19H,9H2. The second-order valence-electron chi connectivity index (χ2n) is 4.34. The van der Waals surface area contributed by atoms with Crippen LogP contribution in [0.15, 0.2) is 53.1 Å². The zero-order valence-corrected chi connectivity index (χ0v) is 10.5. The van der Waals surface area contributed by atoms with E-state index in [1.54, 1.807) is 36.4 Å². The van der Waals surface area contributed by atoms with Crippen molar-refractivity contribution < 1.29 is 14.0 Å². The molecule has 20 heavy (non-hydrogen) atoms. The van der Waals surface area contributed by atoms with Gasteiger partial charge in [0.15, 0.2) is 5.82 Å². The molecule has 0 aliphatic carbocycles. The van der Waals surface area contributed by atoms with Gasteiger partial charge >= 0.3 is 0 Å². The van der Waals surface area contributed by atoms with Crippen LogP contribution in [0.1, 0.15) is 11.4 Å². The van der Waals surface area contributed by atoms with Crippen molar-refractivity contribution in [3.63, 3.8) is 0 Å². The number of halogens is 1. The highest BCUT2D eigenvalue weighted by Crippen LogP contribution is 2.27. The van der Waals surface area contributed by atoms with Gasteiger partial charge in [-0.2, -0.15) is 4.98 Å². The van der Waals surface area contributed by atoms with Gasteiger partial charge in [-0.15, -0.1) is 0 Å². The molecule has 3 rings (SSSR count). The van der Waals surface area contributed by atoms with Crippen LogP contribution in [0.2, 0.25) is 0 Å². The molecule has 3 aromatic rings. The first-order chi connectivity index (χ1) is 9.72. The van der Waals surface area contributed by atoms with Gasteiger partial charge in [-0.25, -0.2) is 4.39 Å². The fraction of sp³-hybridized carbons (Fsp3) is 0.0667. The molecule has 0 spiro atoms. The number of benzene rings is 2. The number of rotatable bonds is 3. The predicted octanol–water partition coefficient (Wildman–Crippen LogP) is 3.17. The van der Waals surface area contributed by atoms with Crippen molar-refractivity contribution in [2.24, 2.45) is 0 Å². The number of para-hydroxylation sites is 1. The zero-order chi connectivity index (χ0) is 13.9. The van der Waals surface area contributed by atoms with E-state index in [4.69, 9.17) is 4.52 Å². The van der Waals surface area contributed by atoms with Crippen molar-refractivity contribution in [1.29, 1.82) is 0 Å². The van der Waals surface area contributed by atoms with E-state index < -0.39 is 0 Å². The summed E-state index contributed by atoms with van der Waals surface area (Å²) in [5.74, 6) is 0.552. The Labute approximate surface area is 114 Å². The molecule has 2 aromatic carbocycles. The van der Waals surface area contributed by atoms with E-state index in [0.717, 1.165) is 5.56 Å². The third kappa shape index (κ3) is 2.51. The molecule has 100 valence electrons. The summed E-state index contributed by atoms with van der Waals surface area (Å²) in [5, 5.41) is 13.6. The van der Waals surface area contributed by atoms with Crippen molar-refractivity contribution in [2.45, 2.75) is 6.42 Å². The molecule has 0 radical (unpaired) electrons. The van der Waals surface area contributed by atoms with E-state index in [0.29, 0.717) is 17.8 Å². The van der Waals surface area contributed by atoms with Gasteiger partial charge in [-0.1, -0.05) is 29.4 Å². The molecule has 5 heteroatoms. The Kier molecular flexibility index (Phi) is 3.16. The third-order valence-electron chi connectivity index (χ3n) is 2.88. The molecule has 0 bridgehead atoms. The van der Waals surface area contributed by atoms with Gasteiger partial charge in [0.1, 0.15) is 11.6 Å². The highest BCUT2D eigenvalue weighted by Gasteiger charge is 2.12. The summed E-state index contributed by atoms with van der Waals surface area (Å²) < 4.78 is 18.0. The number of phenols is 1. The smallest absolute Gasteiger partial charge is 0.261 e. The summed E-state index contributed by atoms with van der Waals surface area (Å²) >= 11 is 0. The van der Waals surface area contributed by atoms with E-state index in [2.05, 4.69) is 10.1 Å². The van der Waals surface area contributed by atoms with Crippen molar-refractivity contribution in [1.82, 2.24) is 10.1 Å². The van der Waals surface area contributed by atoms with Gasteiger partial charge in [0.25, 0.3) is 5.89 Å². The van der Waals surface area contributed by atoms with E-state index in [1.807, 2.05) is 0 Å². The summed E-state index contributed by atoms with van der Waals surface area (Å²) in [6.45, 7) is 0. The zero-order valence-electron chi connectivity index (χ0n) is 10.5. The molecular weight excluding hydrogens is 259 g/mol. The maximum atomic E-state index is 12.8. The molecule has 1 N–H and O–H groups in total. The second-order valence-corrected chi connectivity index (χ2v) is 4.34. The second kappa shape index (κ2) is 5.13. The number of hydrogen-bond donors (Lipinski definition) is 1. The number of hydrogen-bond acceptors (Lipinski definition) is 4. The molecular formula is C15H11FN2O2. The highest BCUT2D eigenvalue weighted by molar-refractivity contribution is 5.61. The quantitative estimate of drug-likeness (QED) is 0.794. The van der Waals surface area contributed by atoms with Crippen LogP contribution in [0.5, 0.6) is 5.75 Å². The van der Waals surface area contributed by atoms with Crippen molar-refractivity contribution >= 4 is 0 Å². The largest absolute Gasteiger partial charge is 0.507 e. The molecule has 0 amide bonds. The summed E-state index contributed by atoms with van der Waals surface area (Å²) in [4.78, 5) is 4.23. The predicted molar refractivity (Wildman–Crippen MR) is 70.6 cm³/mol. The minimum absolute atomic E-state index is 0.0875. The molecule has 0 fully saturated rings. The molecule has 0 aliphatic rings. The molecule has 1 heterocycles. The molecule has 0 atom stereocenters. The third-order valence-corrected chi connectivity index (χ3v) is 2.88. The van der Waals surface area contributed by atoms with E-state index in [1.165, 1.54) is 12.1 Å². The molecule has 1 aromatic heterocycles. The van der Waals surface area contributed by atoms with Gasteiger partial charge < -0.3 is 9.63 Å². The molecule has 0 unspecified atom stereocenters. The number of nitrogens with zero attached hydrogens (tertiary/aromatic N) is 2. The Morgan fingerprint density at radius 1 is 1.05 bits per heavy atom. The van der Waals surface area contributed by atoms with Crippen molar-refractivity contribution in [3.8, 4) is 17.2 Å². The Morgan fingerprint density at radius 2 is 1.80 bits per heavy atom. The number of aromatic nitrogens is 2. The van der Waals surface area contributed by atoms with Gasteiger partial charge in [-0.05, 0) is 29.8 Å². The minimum atomic E-state index is -0.281. The van der Waals surface area contributed by atoms with Crippen LogP contribution >= 0.6 is 0 Å². The van der Waals surface area contributed by atoms with E-state index in [-0.39, 0.29) is 17.5 Å². The van der Waals surface area contributed by atoms with Crippen LogP contribution in [0, 0.1) is 5.82 Å². The van der Waals surface area contributed by atoms with Crippen molar-refractivity contribution in [2.75, 3.05) is 0 Å². The summed E-state index contributed by atoms with van der Waals surface area (Å²) in [5.41, 5.74) is 1.38. The summed E-state index contributed by atoms with van der Waals surface area (Å²) in [7, 11) is 0. The first-order valence-corrected chi connectivity index (χ1v) is 6.08. The number of phenolic OH excluding ortho intramolecular Hbond substituents is 1. The average molecular weight is 270 g/mol.